The summed E-state index contributed by atoms with van der Waals surface area (Å²) >= 11 is 0. The van der Waals surface area contributed by atoms with Crippen molar-refractivity contribution in [3.63, 3.8) is 0 Å². The lowest BCUT2D eigenvalue weighted by atomic mass is 10.1. The lowest BCUT2D eigenvalue weighted by molar-refractivity contribution is -0.141. The van der Waals surface area contributed by atoms with Crippen LogP contribution in [0.25, 0.3) is 22.5 Å². The van der Waals surface area contributed by atoms with E-state index in [4.69, 9.17) is 11.0 Å². The van der Waals surface area contributed by atoms with E-state index in [1.807, 2.05) is 6.07 Å². The molecule has 3 aromatic rings. The zero-order valence-electron chi connectivity index (χ0n) is 12.6. The topological polar surface area (TPSA) is 88.5 Å². The van der Waals surface area contributed by atoms with E-state index in [1.54, 1.807) is 24.3 Å². The molecule has 0 aliphatic heterocycles. The molecule has 8 heteroatoms. The first-order valence-corrected chi connectivity index (χ1v) is 7.05. The maximum Gasteiger partial charge on any atom is 0.433 e. The molecule has 0 spiro atoms. The number of halogens is 3. The largest absolute Gasteiger partial charge is 0.433 e. The summed E-state index contributed by atoms with van der Waals surface area (Å²) in [7, 11) is 0. The minimum atomic E-state index is -4.51. The molecule has 0 amide bonds. The highest BCUT2D eigenvalue weighted by atomic mass is 19.4. The second-order valence-corrected chi connectivity index (χ2v) is 5.11. The Morgan fingerprint density at radius 2 is 1.60 bits per heavy atom. The fraction of sp³-hybridized carbons (Fsp3) is 0.0588. The van der Waals surface area contributed by atoms with Gasteiger partial charge in [0.25, 0.3) is 0 Å². The summed E-state index contributed by atoms with van der Waals surface area (Å²) in [6.45, 7) is 0. The third-order valence-electron chi connectivity index (χ3n) is 3.44. The lowest BCUT2D eigenvalue weighted by Gasteiger charge is -2.09. The van der Waals surface area contributed by atoms with Crippen molar-refractivity contribution >= 4 is 5.82 Å². The smallest absolute Gasteiger partial charge is 0.382 e. The average molecular weight is 341 g/mol. The summed E-state index contributed by atoms with van der Waals surface area (Å²) in [4.78, 5) is 11.8. The number of aromatic nitrogens is 3. The van der Waals surface area contributed by atoms with Crippen LogP contribution in [-0.4, -0.2) is 15.0 Å². The van der Waals surface area contributed by atoms with Crippen molar-refractivity contribution < 1.29 is 13.2 Å². The highest BCUT2D eigenvalue weighted by Gasteiger charge is 2.32. The van der Waals surface area contributed by atoms with Crippen LogP contribution in [0.1, 0.15) is 11.3 Å². The molecule has 25 heavy (non-hydrogen) atoms. The Morgan fingerprint density at radius 1 is 0.920 bits per heavy atom. The number of nitrogens with two attached hydrogens (primary N) is 1. The number of nitrogens with zero attached hydrogens (tertiary/aromatic N) is 4. The number of nitriles is 1. The van der Waals surface area contributed by atoms with Crippen LogP contribution >= 0.6 is 0 Å². The molecule has 3 rings (SSSR count). The number of benzene rings is 1. The highest BCUT2D eigenvalue weighted by molar-refractivity contribution is 5.72. The first-order chi connectivity index (χ1) is 11.9. The molecule has 0 aliphatic carbocycles. The molecular weight excluding hydrogens is 331 g/mol. The van der Waals surface area contributed by atoms with Gasteiger partial charge in [0.1, 0.15) is 17.2 Å². The van der Waals surface area contributed by atoms with Crippen LogP contribution in [0, 0.1) is 11.3 Å². The summed E-state index contributed by atoms with van der Waals surface area (Å²) in [5, 5.41) is 8.83. The Hall–Kier alpha value is -3.47. The van der Waals surface area contributed by atoms with Gasteiger partial charge in [-0.05, 0) is 24.3 Å². The number of hydrogen-bond acceptors (Lipinski definition) is 5. The Labute approximate surface area is 140 Å². The highest BCUT2D eigenvalue weighted by Crippen LogP contribution is 2.30. The van der Waals surface area contributed by atoms with Gasteiger partial charge in [0.15, 0.2) is 0 Å². The van der Waals surface area contributed by atoms with Crippen molar-refractivity contribution in [3.8, 4) is 28.6 Å². The predicted molar refractivity (Wildman–Crippen MR) is 84.8 cm³/mol. The fourth-order valence-corrected chi connectivity index (χ4v) is 2.17. The number of anilines is 1. The predicted octanol–water partition coefficient (Wildman–Crippen LogP) is 3.68. The molecule has 0 radical (unpaired) electrons. The number of pyridine rings is 1. The molecule has 2 aromatic heterocycles. The van der Waals surface area contributed by atoms with Gasteiger partial charge in [-0.15, -0.1) is 0 Å². The molecule has 0 saturated carbocycles. The molecule has 0 atom stereocenters. The third-order valence-corrected chi connectivity index (χ3v) is 3.44. The van der Waals surface area contributed by atoms with Gasteiger partial charge in [0, 0.05) is 17.3 Å². The Morgan fingerprint density at radius 3 is 2.16 bits per heavy atom. The minimum absolute atomic E-state index is 0.0824. The van der Waals surface area contributed by atoms with Gasteiger partial charge in [-0.25, -0.2) is 9.97 Å². The zero-order chi connectivity index (χ0) is 18.0. The SMILES string of the molecule is N#Cc1ccc(-c2cnc(N)c(-c3ccc(C(F)(F)F)nc3)n2)cc1. The maximum absolute atomic E-state index is 12.6. The minimum Gasteiger partial charge on any atom is -0.382 e. The van der Waals surface area contributed by atoms with Crippen LogP contribution < -0.4 is 5.73 Å². The molecule has 1 aromatic carbocycles. The van der Waals surface area contributed by atoms with Crippen molar-refractivity contribution in [2.24, 2.45) is 0 Å². The van der Waals surface area contributed by atoms with Gasteiger partial charge in [0.05, 0.1) is 23.5 Å². The van der Waals surface area contributed by atoms with Crippen molar-refractivity contribution in [1.29, 1.82) is 5.26 Å². The lowest BCUT2D eigenvalue weighted by Crippen LogP contribution is -2.07. The monoisotopic (exact) mass is 341 g/mol. The Balaban J connectivity index is 2.00. The number of hydrogen-bond donors (Lipinski definition) is 1. The first kappa shape index (κ1) is 16.4. The molecule has 0 unspecified atom stereocenters. The Bertz CT molecular complexity index is 942. The normalized spacial score (nSPS) is 11.1. The summed E-state index contributed by atoms with van der Waals surface area (Å²) in [5.74, 6) is 0.0824. The summed E-state index contributed by atoms with van der Waals surface area (Å²) in [6.07, 6.45) is -2.00. The number of nitrogen functional groups attached to an aromatic ring is 1. The van der Waals surface area contributed by atoms with E-state index in [0.717, 1.165) is 12.3 Å². The van der Waals surface area contributed by atoms with Gasteiger partial charge < -0.3 is 5.73 Å². The van der Waals surface area contributed by atoms with Crippen molar-refractivity contribution in [2.75, 3.05) is 5.73 Å². The van der Waals surface area contributed by atoms with E-state index in [-0.39, 0.29) is 11.5 Å². The standard InChI is InChI=1S/C17H10F3N5/c18-17(19,20)14-6-5-12(8-23-14)15-16(22)24-9-13(25-15)11-3-1-10(7-21)2-4-11/h1-6,8-9H,(H2,22,24). The van der Waals surface area contributed by atoms with Crippen LogP contribution in [-0.2, 0) is 6.18 Å². The van der Waals surface area contributed by atoms with Crippen LogP contribution in [0.5, 0.6) is 0 Å². The van der Waals surface area contributed by atoms with Gasteiger partial charge >= 0.3 is 6.18 Å². The Kier molecular flexibility index (Phi) is 4.07. The quantitative estimate of drug-likeness (QED) is 0.768. The van der Waals surface area contributed by atoms with Crippen molar-refractivity contribution in [3.05, 3.63) is 60.0 Å². The van der Waals surface area contributed by atoms with E-state index in [2.05, 4.69) is 15.0 Å². The summed E-state index contributed by atoms with van der Waals surface area (Å²) in [6, 6.07) is 10.8. The summed E-state index contributed by atoms with van der Waals surface area (Å²) in [5.41, 5.74) is 7.06. The summed E-state index contributed by atoms with van der Waals surface area (Å²) < 4.78 is 37.8. The van der Waals surface area contributed by atoms with Crippen LogP contribution in [0.15, 0.2) is 48.8 Å². The first-order valence-electron chi connectivity index (χ1n) is 7.05. The molecular formula is C17H10F3N5. The van der Waals surface area contributed by atoms with Crippen molar-refractivity contribution in [2.45, 2.75) is 6.18 Å². The maximum atomic E-state index is 12.6. The molecule has 0 aliphatic rings. The van der Waals surface area contributed by atoms with E-state index in [9.17, 15) is 13.2 Å². The zero-order valence-corrected chi connectivity index (χ0v) is 12.6. The fourth-order valence-electron chi connectivity index (χ4n) is 2.17. The average Bonchev–Trinajstić information content (AvgIpc) is 2.62. The molecule has 2 heterocycles. The molecule has 124 valence electrons. The molecule has 2 N–H and O–H groups in total. The molecule has 5 nitrogen and oxygen atoms in total. The van der Waals surface area contributed by atoms with Gasteiger partial charge in [-0.3, -0.25) is 4.98 Å². The van der Waals surface area contributed by atoms with Crippen LogP contribution in [0.2, 0.25) is 0 Å². The van der Waals surface area contributed by atoms with Gasteiger partial charge in [-0.2, -0.15) is 18.4 Å². The van der Waals surface area contributed by atoms with E-state index >= 15 is 0 Å². The second-order valence-electron chi connectivity index (χ2n) is 5.11. The van der Waals surface area contributed by atoms with Gasteiger partial charge in [0.2, 0.25) is 0 Å². The van der Waals surface area contributed by atoms with Crippen LogP contribution in [0.4, 0.5) is 19.0 Å². The number of rotatable bonds is 2. The molecule has 0 saturated heterocycles. The van der Waals surface area contributed by atoms with E-state index in [0.29, 0.717) is 22.4 Å². The van der Waals surface area contributed by atoms with Gasteiger partial charge in [-0.1, -0.05) is 12.1 Å². The molecule has 0 fully saturated rings. The van der Waals surface area contributed by atoms with Crippen LogP contribution in [0.3, 0.4) is 0 Å². The van der Waals surface area contributed by atoms with E-state index < -0.39 is 11.9 Å². The molecule has 0 bridgehead atoms. The third kappa shape index (κ3) is 3.40. The van der Waals surface area contributed by atoms with E-state index in [1.165, 1.54) is 12.3 Å². The van der Waals surface area contributed by atoms with Crippen molar-refractivity contribution in [1.82, 2.24) is 15.0 Å². The number of alkyl halides is 3. The second kappa shape index (κ2) is 6.20.